The molecule has 2 bridgehead atoms. The van der Waals surface area contributed by atoms with Crippen LogP contribution in [0.1, 0.15) is 36.0 Å². The van der Waals surface area contributed by atoms with Crippen LogP contribution in [0.5, 0.6) is 0 Å². The molecular weight excluding hydrogens is 408 g/mol. The van der Waals surface area contributed by atoms with Gasteiger partial charge in [-0.15, -0.1) is 0 Å². The molecule has 1 N–H and O–H groups in total. The number of fused-ring (bicyclic) bond motifs is 4. The van der Waals surface area contributed by atoms with Crippen LogP contribution in [-0.2, 0) is 9.59 Å². The van der Waals surface area contributed by atoms with Crippen molar-refractivity contribution in [2.24, 2.45) is 11.8 Å². The topological polar surface area (TPSA) is 84.4 Å². The number of carboxylic acid groups (broad SMARTS) is 1. The first-order chi connectivity index (χ1) is 15.3. The number of likely N-dealkylation sites (N-methyl/N-ethyl adjacent to an activating group) is 1. The van der Waals surface area contributed by atoms with Gasteiger partial charge >= 0.3 is 0 Å². The van der Waals surface area contributed by atoms with E-state index in [9.17, 15) is 9.59 Å². The van der Waals surface area contributed by atoms with Crippen molar-refractivity contribution in [2.45, 2.75) is 37.8 Å². The van der Waals surface area contributed by atoms with Crippen LogP contribution >= 0.6 is 0 Å². The number of piperidine rings is 3. The molecule has 8 heteroatoms. The minimum absolute atomic E-state index is 0.129. The zero-order chi connectivity index (χ0) is 23.4. The molecule has 0 spiro atoms. The summed E-state index contributed by atoms with van der Waals surface area (Å²) in [6, 6.07) is 8.41. The minimum Gasteiger partial charge on any atom is -0.483 e. The molecule has 1 aromatic rings. The summed E-state index contributed by atoms with van der Waals surface area (Å²) in [5.74, 6) is 1.21. The van der Waals surface area contributed by atoms with Crippen LogP contribution in [0.25, 0.3) is 0 Å². The monoisotopic (exact) mass is 444 g/mol. The van der Waals surface area contributed by atoms with Crippen molar-refractivity contribution in [3.8, 4) is 0 Å². The van der Waals surface area contributed by atoms with E-state index < -0.39 is 0 Å². The standard InChI is InChI=1S/C23H34N4O2.CH2O2/c1-24(2)15-21-18-12-17(20-6-5-7-22(28)27(20)21)13-26(14-18)23(29)16-8-10-19(11-9-16)25(3)4;2-1-3/h8-11,17-18,20-21H,5-7,12-15H2,1-4H3;1H,(H,2,3)/t17-,18+,20+,21+;/m1./s1. The van der Waals surface area contributed by atoms with E-state index in [1.807, 2.05) is 43.3 Å². The van der Waals surface area contributed by atoms with Crippen molar-refractivity contribution in [3.63, 3.8) is 0 Å². The summed E-state index contributed by atoms with van der Waals surface area (Å²) in [5, 5.41) is 6.89. The third-order valence-corrected chi connectivity index (χ3v) is 6.97. The number of amides is 2. The Hall–Kier alpha value is -2.61. The summed E-state index contributed by atoms with van der Waals surface area (Å²) in [5.41, 5.74) is 1.86. The van der Waals surface area contributed by atoms with Gasteiger partial charge in [-0.25, -0.2) is 0 Å². The van der Waals surface area contributed by atoms with Gasteiger partial charge in [-0.1, -0.05) is 0 Å². The lowest BCUT2D eigenvalue weighted by Crippen LogP contribution is -2.67. The zero-order valence-electron chi connectivity index (χ0n) is 19.6. The molecule has 8 nitrogen and oxygen atoms in total. The second-order valence-corrected chi connectivity index (χ2v) is 9.60. The van der Waals surface area contributed by atoms with Gasteiger partial charge in [0.05, 0.1) is 0 Å². The Morgan fingerprint density at radius 2 is 1.75 bits per heavy atom. The second kappa shape index (κ2) is 10.3. The third kappa shape index (κ3) is 5.06. The molecule has 1 aromatic carbocycles. The molecule has 3 heterocycles. The highest BCUT2D eigenvalue weighted by Crippen LogP contribution is 2.42. The summed E-state index contributed by atoms with van der Waals surface area (Å²) in [6.45, 7) is 2.15. The zero-order valence-corrected chi connectivity index (χ0v) is 19.6. The summed E-state index contributed by atoms with van der Waals surface area (Å²) in [7, 11) is 8.16. The van der Waals surface area contributed by atoms with E-state index in [0.29, 0.717) is 30.2 Å². The average molecular weight is 445 g/mol. The lowest BCUT2D eigenvalue weighted by molar-refractivity contribution is -0.152. The molecule has 0 radical (unpaired) electrons. The molecule has 32 heavy (non-hydrogen) atoms. The van der Waals surface area contributed by atoms with Crippen molar-refractivity contribution in [1.29, 1.82) is 0 Å². The van der Waals surface area contributed by atoms with Crippen LogP contribution in [-0.4, -0.2) is 98.0 Å². The number of hydrogen-bond acceptors (Lipinski definition) is 5. The van der Waals surface area contributed by atoms with Gasteiger partial charge in [0, 0.05) is 63.5 Å². The number of anilines is 1. The molecule has 3 aliphatic heterocycles. The molecule has 3 aliphatic rings. The Kier molecular flexibility index (Phi) is 7.77. The SMILES string of the molecule is CN(C)C[C@H]1[C@H]2C[C@H](CN(C(=O)c3ccc(N(C)C)cc3)C2)[C@@H]2CCCC(=O)N21.O=CO. The van der Waals surface area contributed by atoms with Crippen LogP contribution in [0, 0.1) is 11.8 Å². The molecule has 3 saturated heterocycles. The smallest absolute Gasteiger partial charge is 0.290 e. The largest absolute Gasteiger partial charge is 0.483 e. The van der Waals surface area contributed by atoms with Gasteiger partial charge in [0.15, 0.2) is 0 Å². The van der Waals surface area contributed by atoms with Crippen LogP contribution in [0.3, 0.4) is 0 Å². The molecule has 0 aromatic heterocycles. The lowest BCUT2D eigenvalue weighted by atomic mass is 9.72. The van der Waals surface area contributed by atoms with Crippen molar-refractivity contribution < 1.29 is 19.5 Å². The molecule has 4 atom stereocenters. The first-order valence-corrected chi connectivity index (χ1v) is 11.4. The van der Waals surface area contributed by atoms with Gasteiger partial charge in [-0.2, -0.15) is 0 Å². The first-order valence-electron chi connectivity index (χ1n) is 11.4. The van der Waals surface area contributed by atoms with E-state index in [4.69, 9.17) is 9.90 Å². The molecule has 176 valence electrons. The Bertz CT molecular complexity index is 811. The molecule has 0 saturated carbocycles. The van der Waals surface area contributed by atoms with Gasteiger partial charge in [-0.05, 0) is 69.5 Å². The number of hydrogen-bond donors (Lipinski definition) is 1. The van der Waals surface area contributed by atoms with Gasteiger partial charge in [0.25, 0.3) is 12.4 Å². The van der Waals surface area contributed by atoms with Gasteiger partial charge in [0.1, 0.15) is 0 Å². The van der Waals surface area contributed by atoms with Gasteiger partial charge < -0.3 is 24.7 Å². The number of nitrogens with zero attached hydrogens (tertiary/aromatic N) is 4. The maximum Gasteiger partial charge on any atom is 0.290 e. The van der Waals surface area contributed by atoms with E-state index in [1.54, 1.807) is 0 Å². The van der Waals surface area contributed by atoms with E-state index in [-0.39, 0.29) is 18.4 Å². The maximum atomic E-state index is 13.3. The second-order valence-electron chi connectivity index (χ2n) is 9.60. The lowest BCUT2D eigenvalue weighted by Gasteiger charge is -2.57. The molecule has 0 unspecified atom stereocenters. The van der Waals surface area contributed by atoms with E-state index >= 15 is 0 Å². The molecule has 4 rings (SSSR count). The van der Waals surface area contributed by atoms with Gasteiger partial charge in [0.2, 0.25) is 5.91 Å². The van der Waals surface area contributed by atoms with Crippen LogP contribution in [0.15, 0.2) is 24.3 Å². The first kappa shape index (κ1) is 24.0. The number of carbonyl (C=O) groups excluding carboxylic acids is 2. The van der Waals surface area contributed by atoms with Gasteiger partial charge in [-0.3, -0.25) is 14.4 Å². The fourth-order valence-corrected chi connectivity index (χ4v) is 5.63. The van der Waals surface area contributed by atoms with Crippen LogP contribution in [0.2, 0.25) is 0 Å². The van der Waals surface area contributed by atoms with E-state index in [1.165, 1.54) is 0 Å². The Balaban J connectivity index is 0.000000913. The predicted molar refractivity (Wildman–Crippen MR) is 124 cm³/mol. The van der Waals surface area contributed by atoms with Crippen molar-refractivity contribution >= 4 is 24.0 Å². The number of rotatable bonds is 4. The molecule has 2 amide bonds. The van der Waals surface area contributed by atoms with Crippen molar-refractivity contribution in [3.05, 3.63) is 29.8 Å². The van der Waals surface area contributed by atoms with E-state index in [0.717, 1.165) is 50.1 Å². The van der Waals surface area contributed by atoms with E-state index in [2.05, 4.69) is 28.8 Å². The summed E-state index contributed by atoms with van der Waals surface area (Å²) in [4.78, 5) is 42.9. The third-order valence-electron chi connectivity index (χ3n) is 6.97. The predicted octanol–water partition coefficient (Wildman–Crippen LogP) is 1.86. The number of benzene rings is 1. The summed E-state index contributed by atoms with van der Waals surface area (Å²) in [6.07, 6.45) is 3.87. The average Bonchev–Trinajstić information content (AvgIpc) is 2.76. The minimum atomic E-state index is -0.250. The Morgan fingerprint density at radius 1 is 1.12 bits per heavy atom. The highest BCUT2D eigenvalue weighted by molar-refractivity contribution is 5.94. The number of likely N-dealkylation sites (tertiary alicyclic amines) is 1. The fourth-order valence-electron chi connectivity index (χ4n) is 5.63. The maximum absolute atomic E-state index is 13.3. The fraction of sp³-hybridized carbons (Fsp3) is 0.625. The molecule has 0 aliphatic carbocycles. The highest BCUT2D eigenvalue weighted by Gasteiger charge is 2.50. The van der Waals surface area contributed by atoms with Crippen molar-refractivity contribution in [1.82, 2.24) is 14.7 Å². The highest BCUT2D eigenvalue weighted by atomic mass is 16.3. The van der Waals surface area contributed by atoms with Crippen LogP contribution in [0.4, 0.5) is 5.69 Å². The summed E-state index contributed by atoms with van der Waals surface area (Å²) >= 11 is 0. The Morgan fingerprint density at radius 3 is 2.34 bits per heavy atom. The quantitative estimate of drug-likeness (QED) is 0.714. The molecule has 3 fully saturated rings. The van der Waals surface area contributed by atoms with Crippen molar-refractivity contribution in [2.75, 3.05) is 52.7 Å². The summed E-state index contributed by atoms with van der Waals surface area (Å²) < 4.78 is 0. The van der Waals surface area contributed by atoms with Crippen LogP contribution < -0.4 is 4.90 Å². The molecular formula is C24H36N4O4. The normalized spacial score (nSPS) is 26.7. The number of carbonyl (C=O) groups is 3. The Labute approximate surface area is 190 Å².